The number of benzene rings is 2. The van der Waals surface area contributed by atoms with Crippen LogP contribution in [0, 0.1) is 6.92 Å². The van der Waals surface area contributed by atoms with E-state index in [9.17, 15) is 0 Å². The maximum Gasteiger partial charge on any atom is 0.0485 e. The maximum atomic E-state index is 6.36. The van der Waals surface area contributed by atoms with Gasteiger partial charge in [-0.15, -0.1) is 0 Å². The van der Waals surface area contributed by atoms with Crippen molar-refractivity contribution in [2.24, 2.45) is 5.73 Å². The molecule has 2 rings (SSSR count). The van der Waals surface area contributed by atoms with Gasteiger partial charge in [-0.2, -0.15) is 0 Å². The van der Waals surface area contributed by atoms with Gasteiger partial charge >= 0.3 is 0 Å². The fourth-order valence-corrected chi connectivity index (χ4v) is 3.21. The van der Waals surface area contributed by atoms with Gasteiger partial charge in [0.2, 0.25) is 0 Å². The molecule has 0 saturated carbocycles. The first-order valence-corrected chi connectivity index (χ1v) is 8.09. The first kappa shape index (κ1) is 16.5. The van der Waals surface area contributed by atoms with Crippen molar-refractivity contribution in [2.75, 3.05) is 13.6 Å². The molecule has 2 nitrogen and oxygen atoms in total. The van der Waals surface area contributed by atoms with Crippen molar-refractivity contribution in [1.29, 1.82) is 0 Å². The zero-order valence-electron chi connectivity index (χ0n) is 12.3. The van der Waals surface area contributed by atoms with E-state index >= 15 is 0 Å². The van der Waals surface area contributed by atoms with Crippen molar-refractivity contribution in [2.45, 2.75) is 19.5 Å². The standard InChI is InChI=1S/C17H20BrClN2/c1-12-3-5-13(6-4-12)11-21(2)17(10-20)15-8-7-14(18)9-16(15)19/h3-9,17H,10-11,20H2,1-2H3. The number of rotatable bonds is 5. The van der Waals surface area contributed by atoms with Crippen molar-refractivity contribution in [3.05, 3.63) is 68.7 Å². The quantitative estimate of drug-likeness (QED) is 0.840. The molecule has 0 aliphatic carbocycles. The molecule has 0 spiro atoms. The molecule has 2 aromatic carbocycles. The van der Waals surface area contributed by atoms with Crippen molar-refractivity contribution < 1.29 is 0 Å². The summed E-state index contributed by atoms with van der Waals surface area (Å²) in [4.78, 5) is 2.24. The lowest BCUT2D eigenvalue weighted by Gasteiger charge is -2.28. The molecule has 0 bridgehead atoms. The monoisotopic (exact) mass is 366 g/mol. The SMILES string of the molecule is Cc1ccc(CN(C)C(CN)c2ccc(Br)cc2Cl)cc1. The Hall–Kier alpha value is -0.870. The van der Waals surface area contributed by atoms with E-state index in [1.165, 1.54) is 11.1 Å². The third-order valence-corrected chi connectivity index (χ3v) is 4.45. The van der Waals surface area contributed by atoms with E-state index in [0.717, 1.165) is 21.6 Å². The Morgan fingerprint density at radius 1 is 1.19 bits per heavy atom. The number of nitrogens with zero attached hydrogens (tertiary/aromatic N) is 1. The third kappa shape index (κ3) is 4.30. The van der Waals surface area contributed by atoms with E-state index in [4.69, 9.17) is 17.3 Å². The zero-order valence-corrected chi connectivity index (χ0v) is 14.7. The molecule has 2 N–H and O–H groups in total. The van der Waals surface area contributed by atoms with Gasteiger partial charge in [-0.1, -0.05) is 63.4 Å². The summed E-state index contributed by atoms with van der Waals surface area (Å²) in [5, 5.41) is 0.746. The minimum absolute atomic E-state index is 0.104. The first-order valence-electron chi connectivity index (χ1n) is 6.92. The second-order valence-electron chi connectivity index (χ2n) is 5.32. The van der Waals surface area contributed by atoms with Crippen LogP contribution in [0.4, 0.5) is 0 Å². The Morgan fingerprint density at radius 3 is 2.43 bits per heavy atom. The fraction of sp³-hybridized carbons (Fsp3) is 0.294. The smallest absolute Gasteiger partial charge is 0.0485 e. The molecule has 1 unspecified atom stereocenters. The summed E-state index contributed by atoms with van der Waals surface area (Å²) in [6, 6.07) is 14.6. The van der Waals surface area contributed by atoms with Gasteiger partial charge in [-0.25, -0.2) is 0 Å². The van der Waals surface area contributed by atoms with Crippen molar-refractivity contribution >= 4 is 27.5 Å². The maximum absolute atomic E-state index is 6.36. The Kier molecular flexibility index (Phi) is 5.82. The van der Waals surface area contributed by atoms with Crippen molar-refractivity contribution in [3.63, 3.8) is 0 Å². The van der Waals surface area contributed by atoms with Gasteiger partial charge in [0.25, 0.3) is 0 Å². The van der Waals surface area contributed by atoms with E-state index < -0.39 is 0 Å². The third-order valence-electron chi connectivity index (χ3n) is 3.63. The first-order chi connectivity index (χ1) is 10.0. The summed E-state index contributed by atoms with van der Waals surface area (Å²) < 4.78 is 0.980. The molecule has 0 heterocycles. The number of nitrogens with two attached hydrogens (primary N) is 1. The van der Waals surface area contributed by atoms with E-state index in [-0.39, 0.29) is 6.04 Å². The second-order valence-corrected chi connectivity index (χ2v) is 6.64. The zero-order chi connectivity index (χ0) is 15.4. The summed E-state index contributed by atoms with van der Waals surface area (Å²) in [6.45, 7) is 3.47. The predicted octanol–water partition coefficient (Wildman–Crippen LogP) is 4.54. The highest BCUT2D eigenvalue weighted by atomic mass is 79.9. The summed E-state index contributed by atoms with van der Waals surface area (Å²) >= 11 is 9.79. The second kappa shape index (κ2) is 7.41. The van der Waals surface area contributed by atoms with Crippen LogP contribution in [0.3, 0.4) is 0 Å². The van der Waals surface area contributed by atoms with E-state index in [1.807, 2.05) is 18.2 Å². The van der Waals surface area contributed by atoms with Gasteiger partial charge in [0.1, 0.15) is 0 Å². The average molecular weight is 368 g/mol. The van der Waals surface area contributed by atoms with Crippen molar-refractivity contribution in [1.82, 2.24) is 4.90 Å². The van der Waals surface area contributed by atoms with Gasteiger partial charge in [0.05, 0.1) is 0 Å². The van der Waals surface area contributed by atoms with Crippen LogP contribution >= 0.6 is 27.5 Å². The largest absolute Gasteiger partial charge is 0.329 e. The van der Waals surface area contributed by atoms with E-state index in [1.54, 1.807) is 0 Å². The Bertz CT molecular complexity index is 598. The van der Waals surface area contributed by atoms with Gasteiger partial charge in [-0.05, 0) is 37.2 Å². The van der Waals surface area contributed by atoms with Crippen LogP contribution in [-0.2, 0) is 6.54 Å². The van der Waals surface area contributed by atoms with Crippen molar-refractivity contribution in [3.8, 4) is 0 Å². The normalized spacial score (nSPS) is 12.7. The Morgan fingerprint density at radius 2 is 1.86 bits per heavy atom. The molecule has 0 aliphatic heterocycles. The Labute approximate surface area is 140 Å². The lowest BCUT2D eigenvalue weighted by atomic mass is 10.0. The molecular formula is C17H20BrClN2. The number of halogens is 2. The molecule has 0 fully saturated rings. The van der Waals surface area contributed by atoms with Crippen LogP contribution in [-0.4, -0.2) is 18.5 Å². The summed E-state index contributed by atoms with van der Waals surface area (Å²) in [6.07, 6.45) is 0. The highest BCUT2D eigenvalue weighted by Gasteiger charge is 2.18. The topological polar surface area (TPSA) is 29.3 Å². The molecule has 2 aromatic rings. The molecule has 4 heteroatoms. The highest BCUT2D eigenvalue weighted by Crippen LogP contribution is 2.29. The molecule has 1 atom stereocenters. The number of likely N-dealkylation sites (N-methyl/N-ethyl adjacent to an activating group) is 1. The lowest BCUT2D eigenvalue weighted by molar-refractivity contribution is 0.242. The molecule has 0 amide bonds. The lowest BCUT2D eigenvalue weighted by Crippen LogP contribution is -2.30. The fourth-order valence-electron chi connectivity index (χ4n) is 2.41. The van der Waals surface area contributed by atoms with Crippen LogP contribution in [0.15, 0.2) is 46.9 Å². The average Bonchev–Trinajstić information content (AvgIpc) is 2.44. The predicted molar refractivity (Wildman–Crippen MR) is 93.6 cm³/mol. The Balaban J connectivity index is 2.18. The van der Waals surface area contributed by atoms with E-state index in [2.05, 4.69) is 59.1 Å². The van der Waals surface area contributed by atoms with Gasteiger partial charge < -0.3 is 5.73 Å². The van der Waals surface area contributed by atoms with Crippen LogP contribution < -0.4 is 5.73 Å². The molecule has 0 radical (unpaired) electrons. The number of aryl methyl sites for hydroxylation is 1. The van der Waals surface area contributed by atoms with Gasteiger partial charge in [0.15, 0.2) is 0 Å². The van der Waals surface area contributed by atoms with Crippen LogP contribution in [0.25, 0.3) is 0 Å². The molecule has 0 saturated heterocycles. The van der Waals surface area contributed by atoms with Crippen LogP contribution in [0.5, 0.6) is 0 Å². The van der Waals surface area contributed by atoms with Gasteiger partial charge in [0, 0.05) is 28.6 Å². The number of hydrogen-bond acceptors (Lipinski definition) is 2. The van der Waals surface area contributed by atoms with Crippen LogP contribution in [0.1, 0.15) is 22.7 Å². The highest BCUT2D eigenvalue weighted by molar-refractivity contribution is 9.10. The van der Waals surface area contributed by atoms with Gasteiger partial charge in [-0.3, -0.25) is 4.90 Å². The number of hydrogen-bond donors (Lipinski definition) is 1. The molecule has 21 heavy (non-hydrogen) atoms. The summed E-state index contributed by atoms with van der Waals surface area (Å²) in [5.41, 5.74) is 9.59. The molecule has 0 aliphatic rings. The minimum Gasteiger partial charge on any atom is -0.329 e. The molecule has 112 valence electrons. The minimum atomic E-state index is 0.104. The van der Waals surface area contributed by atoms with Crippen LogP contribution in [0.2, 0.25) is 5.02 Å². The van der Waals surface area contributed by atoms with E-state index in [0.29, 0.717) is 6.54 Å². The summed E-state index contributed by atoms with van der Waals surface area (Å²) in [5.74, 6) is 0. The molecular weight excluding hydrogens is 348 g/mol. The molecule has 0 aromatic heterocycles. The summed E-state index contributed by atoms with van der Waals surface area (Å²) in [7, 11) is 2.08.